The molecular weight excluding hydrogens is 382 g/mol. The molecule has 29 heavy (non-hydrogen) atoms. The molecule has 1 atom stereocenters. The number of rotatable bonds is 4. The number of halogens is 1. The van der Waals surface area contributed by atoms with Gasteiger partial charge in [0.15, 0.2) is 0 Å². The lowest BCUT2D eigenvalue weighted by atomic mass is 9.77. The van der Waals surface area contributed by atoms with Crippen LogP contribution in [0.5, 0.6) is 5.75 Å². The van der Waals surface area contributed by atoms with Gasteiger partial charge in [0.05, 0.1) is 17.2 Å². The summed E-state index contributed by atoms with van der Waals surface area (Å²) < 4.78 is 5.77. The van der Waals surface area contributed by atoms with E-state index < -0.39 is 5.41 Å². The molecule has 0 bridgehead atoms. The minimum absolute atomic E-state index is 0.0119. The first kappa shape index (κ1) is 19.5. The van der Waals surface area contributed by atoms with Crippen molar-refractivity contribution in [3.63, 3.8) is 0 Å². The van der Waals surface area contributed by atoms with E-state index in [1.54, 1.807) is 4.90 Å². The summed E-state index contributed by atoms with van der Waals surface area (Å²) >= 11 is 6.34. The predicted octanol–water partition coefficient (Wildman–Crippen LogP) is 6.42. The Morgan fingerprint density at radius 1 is 1.00 bits per heavy atom. The van der Waals surface area contributed by atoms with Crippen molar-refractivity contribution in [3.8, 4) is 5.75 Å². The van der Waals surface area contributed by atoms with Crippen LogP contribution in [0.3, 0.4) is 0 Å². The summed E-state index contributed by atoms with van der Waals surface area (Å²) in [6.45, 7) is 7.99. The van der Waals surface area contributed by atoms with Crippen molar-refractivity contribution in [1.82, 2.24) is 0 Å². The molecule has 1 amide bonds. The number of amides is 1. The van der Waals surface area contributed by atoms with Crippen LogP contribution in [-0.4, -0.2) is 12.0 Å². The van der Waals surface area contributed by atoms with Crippen molar-refractivity contribution < 1.29 is 9.53 Å². The fraction of sp³-hybridized carbons (Fsp3) is 0.240. The van der Waals surface area contributed by atoms with Crippen molar-refractivity contribution in [2.45, 2.75) is 39.2 Å². The van der Waals surface area contributed by atoms with Crippen molar-refractivity contribution in [2.75, 3.05) is 4.90 Å². The SMILES string of the molecule is Cc1cccc(N2C(=O)C(C)(c3ccc(OC(C)C)cc3)c3cc(Cl)ccc32)c1. The maximum atomic E-state index is 13.8. The number of nitrogens with zero attached hydrogens (tertiary/aromatic N) is 1. The van der Waals surface area contributed by atoms with E-state index in [2.05, 4.69) is 0 Å². The van der Waals surface area contributed by atoms with Crippen molar-refractivity contribution in [1.29, 1.82) is 0 Å². The second-order valence-corrected chi connectivity index (χ2v) is 8.39. The summed E-state index contributed by atoms with van der Waals surface area (Å²) in [5.41, 5.74) is 3.83. The van der Waals surface area contributed by atoms with Crippen LogP contribution >= 0.6 is 11.6 Å². The highest BCUT2D eigenvalue weighted by Gasteiger charge is 2.49. The van der Waals surface area contributed by atoms with Gasteiger partial charge in [0.2, 0.25) is 5.91 Å². The topological polar surface area (TPSA) is 29.5 Å². The first-order valence-electron chi connectivity index (χ1n) is 9.79. The maximum Gasteiger partial charge on any atom is 0.246 e. The maximum absolute atomic E-state index is 13.8. The van der Waals surface area contributed by atoms with Gasteiger partial charge in [-0.15, -0.1) is 0 Å². The Morgan fingerprint density at radius 2 is 1.72 bits per heavy atom. The number of ether oxygens (including phenoxy) is 1. The third-order valence-electron chi connectivity index (χ3n) is 5.43. The van der Waals surface area contributed by atoms with Gasteiger partial charge in [-0.1, -0.05) is 35.9 Å². The Hall–Kier alpha value is -2.78. The van der Waals surface area contributed by atoms with Gasteiger partial charge in [0, 0.05) is 10.7 Å². The number of aryl methyl sites for hydroxylation is 1. The zero-order chi connectivity index (χ0) is 20.8. The van der Waals surface area contributed by atoms with Crippen LogP contribution in [0.4, 0.5) is 11.4 Å². The Morgan fingerprint density at radius 3 is 2.38 bits per heavy atom. The van der Waals surface area contributed by atoms with E-state index >= 15 is 0 Å². The molecule has 0 fully saturated rings. The second kappa shape index (κ2) is 7.23. The minimum atomic E-state index is -0.833. The van der Waals surface area contributed by atoms with E-state index in [9.17, 15) is 4.79 Å². The Kier molecular flexibility index (Phi) is 4.87. The number of hydrogen-bond acceptors (Lipinski definition) is 2. The normalized spacial score (nSPS) is 18.3. The fourth-order valence-electron chi connectivity index (χ4n) is 3.99. The lowest BCUT2D eigenvalue weighted by Gasteiger charge is -2.25. The number of hydrogen-bond donors (Lipinski definition) is 0. The number of fused-ring (bicyclic) bond motifs is 1. The van der Waals surface area contributed by atoms with Crippen molar-refractivity contribution >= 4 is 28.9 Å². The zero-order valence-corrected chi connectivity index (χ0v) is 17.8. The Labute approximate surface area is 176 Å². The van der Waals surface area contributed by atoms with E-state index in [0.29, 0.717) is 5.02 Å². The summed E-state index contributed by atoms with van der Waals surface area (Å²) in [7, 11) is 0. The first-order chi connectivity index (χ1) is 13.8. The number of carbonyl (C=O) groups is 1. The van der Waals surface area contributed by atoms with Gasteiger partial charge in [-0.2, -0.15) is 0 Å². The first-order valence-corrected chi connectivity index (χ1v) is 10.2. The molecule has 0 spiro atoms. The van der Waals surface area contributed by atoms with Crippen molar-refractivity contribution in [3.05, 3.63) is 88.4 Å². The molecule has 3 nitrogen and oxygen atoms in total. The average molecular weight is 406 g/mol. The third kappa shape index (κ3) is 3.30. The number of carbonyl (C=O) groups excluding carboxylic acids is 1. The Balaban J connectivity index is 1.85. The zero-order valence-electron chi connectivity index (χ0n) is 17.1. The third-order valence-corrected chi connectivity index (χ3v) is 5.67. The van der Waals surface area contributed by atoms with Crippen LogP contribution < -0.4 is 9.64 Å². The molecule has 1 heterocycles. The van der Waals surface area contributed by atoms with Gasteiger partial charge in [-0.05, 0) is 86.8 Å². The lowest BCUT2D eigenvalue weighted by molar-refractivity contribution is -0.120. The summed E-state index contributed by atoms with van der Waals surface area (Å²) in [6.07, 6.45) is 0.0980. The van der Waals surface area contributed by atoms with Crippen LogP contribution in [0.15, 0.2) is 66.7 Å². The molecule has 4 heteroatoms. The summed E-state index contributed by atoms with van der Waals surface area (Å²) in [5.74, 6) is 0.803. The van der Waals surface area contributed by atoms with E-state index in [-0.39, 0.29) is 12.0 Å². The van der Waals surface area contributed by atoms with E-state index in [1.807, 2.05) is 94.4 Å². The molecule has 148 valence electrons. The molecule has 0 saturated carbocycles. The van der Waals surface area contributed by atoms with Gasteiger partial charge in [0.25, 0.3) is 0 Å². The molecule has 0 saturated heterocycles. The number of benzene rings is 3. The van der Waals surface area contributed by atoms with Gasteiger partial charge in [-0.3, -0.25) is 9.69 Å². The molecule has 4 rings (SSSR count). The monoisotopic (exact) mass is 405 g/mol. The van der Waals surface area contributed by atoms with E-state index in [1.165, 1.54) is 0 Å². The number of anilines is 2. The highest BCUT2D eigenvalue weighted by Crippen LogP contribution is 2.49. The van der Waals surface area contributed by atoms with E-state index in [4.69, 9.17) is 16.3 Å². The standard InChI is InChI=1S/C25H24ClNO2/c1-16(2)29-21-11-8-18(9-12-21)25(4)22-15-19(26)10-13-23(22)27(24(25)28)20-7-5-6-17(3)14-20/h5-16H,1-4H3. The van der Waals surface area contributed by atoms with Gasteiger partial charge >= 0.3 is 0 Å². The van der Waals surface area contributed by atoms with Crippen LogP contribution in [0.2, 0.25) is 5.02 Å². The van der Waals surface area contributed by atoms with Gasteiger partial charge in [-0.25, -0.2) is 0 Å². The highest BCUT2D eigenvalue weighted by molar-refractivity contribution is 6.31. The molecule has 1 unspecified atom stereocenters. The van der Waals surface area contributed by atoms with Gasteiger partial charge in [0.1, 0.15) is 5.75 Å². The molecule has 0 aromatic heterocycles. The lowest BCUT2D eigenvalue weighted by Crippen LogP contribution is -2.36. The van der Waals surface area contributed by atoms with Crippen LogP contribution in [0.1, 0.15) is 37.5 Å². The van der Waals surface area contributed by atoms with E-state index in [0.717, 1.165) is 33.8 Å². The van der Waals surface area contributed by atoms with Crippen LogP contribution in [0, 0.1) is 6.92 Å². The molecule has 0 aliphatic carbocycles. The average Bonchev–Trinajstić information content (AvgIpc) is 2.90. The summed E-state index contributed by atoms with van der Waals surface area (Å²) in [6, 6.07) is 21.5. The predicted molar refractivity (Wildman–Crippen MR) is 118 cm³/mol. The molecular formula is C25H24ClNO2. The molecule has 3 aromatic carbocycles. The second-order valence-electron chi connectivity index (χ2n) is 7.96. The quantitative estimate of drug-likeness (QED) is 0.501. The smallest absolute Gasteiger partial charge is 0.246 e. The molecule has 1 aliphatic rings. The Bertz CT molecular complexity index is 1070. The van der Waals surface area contributed by atoms with Crippen LogP contribution in [0.25, 0.3) is 0 Å². The summed E-state index contributed by atoms with van der Waals surface area (Å²) in [4.78, 5) is 15.6. The molecule has 3 aromatic rings. The minimum Gasteiger partial charge on any atom is -0.491 e. The fourth-order valence-corrected chi connectivity index (χ4v) is 4.17. The van der Waals surface area contributed by atoms with Crippen molar-refractivity contribution in [2.24, 2.45) is 0 Å². The highest BCUT2D eigenvalue weighted by atomic mass is 35.5. The summed E-state index contributed by atoms with van der Waals surface area (Å²) in [5, 5.41) is 0.619. The van der Waals surface area contributed by atoms with Gasteiger partial charge < -0.3 is 4.74 Å². The largest absolute Gasteiger partial charge is 0.491 e. The molecule has 1 aliphatic heterocycles. The molecule has 0 radical (unpaired) electrons. The molecule has 0 N–H and O–H groups in total. The van der Waals surface area contributed by atoms with Crippen LogP contribution in [-0.2, 0) is 10.2 Å².